The third-order valence-corrected chi connectivity index (χ3v) is 6.12. The molecule has 2 heterocycles. The van der Waals surface area contributed by atoms with Crippen molar-refractivity contribution in [3.8, 4) is 11.1 Å². The quantitative estimate of drug-likeness (QED) is 0.831. The highest BCUT2D eigenvalue weighted by atomic mass is 15.3. The van der Waals surface area contributed by atoms with Crippen LogP contribution in [0.2, 0.25) is 0 Å². The summed E-state index contributed by atoms with van der Waals surface area (Å²) in [5.74, 6) is 0.816. The topological polar surface area (TPSA) is 30.7 Å². The van der Waals surface area contributed by atoms with Gasteiger partial charge in [-0.25, -0.2) is 0 Å². The number of hydrogen-bond donors (Lipinski definition) is 0. The molecule has 2 aromatic rings. The van der Waals surface area contributed by atoms with E-state index in [0.29, 0.717) is 6.04 Å². The first kappa shape index (κ1) is 13.5. The van der Waals surface area contributed by atoms with E-state index in [2.05, 4.69) is 34.9 Å². The van der Waals surface area contributed by atoms with Crippen LogP contribution in [0.3, 0.4) is 0 Å². The molecule has 23 heavy (non-hydrogen) atoms. The number of aromatic nitrogens is 3. The van der Waals surface area contributed by atoms with Crippen LogP contribution in [-0.2, 0) is 12.8 Å². The normalized spacial score (nSPS) is 20.3. The van der Waals surface area contributed by atoms with E-state index in [1.54, 1.807) is 0 Å². The second kappa shape index (κ2) is 5.05. The summed E-state index contributed by atoms with van der Waals surface area (Å²) in [5.41, 5.74) is 8.25. The van der Waals surface area contributed by atoms with Crippen LogP contribution in [0.1, 0.15) is 62.0 Å². The van der Waals surface area contributed by atoms with E-state index in [9.17, 15) is 0 Å². The second-order valence-corrected chi connectivity index (χ2v) is 7.26. The summed E-state index contributed by atoms with van der Waals surface area (Å²) in [7, 11) is 0. The third kappa shape index (κ3) is 1.89. The van der Waals surface area contributed by atoms with Crippen LogP contribution < -0.4 is 0 Å². The lowest BCUT2D eigenvalue weighted by Crippen LogP contribution is -2.21. The average Bonchev–Trinajstić information content (AvgIpc) is 3.31. The molecule has 1 saturated carbocycles. The van der Waals surface area contributed by atoms with E-state index in [1.165, 1.54) is 65.8 Å². The van der Waals surface area contributed by atoms with Gasteiger partial charge in [0.2, 0.25) is 0 Å². The van der Waals surface area contributed by atoms with Gasteiger partial charge in [0.25, 0.3) is 0 Å². The van der Waals surface area contributed by atoms with Crippen molar-refractivity contribution in [3.63, 3.8) is 0 Å². The zero-order valence-corrected chi connectivity index (χ0v) is 13.8. The third-order valence-electron chi connectivity index (χ3n) is 6.12. The zero-order chi connectivity index (χ0) is 15.4. The maximum absolute atomic E-state index is 4.87. The smallest absolute Gasteiger partial charge is 0.0571 e. The number of hydrogen-bond acceptors (Lipinski definition) is 2. The first-order valence-corrected chi connectivity index (χ1v) is 9.11. The SMILES string of the molecule is CCC(C1CCCC1)n1ncc2c1CC1=CCc3nccc-2c31. The van der Waals surface area contributed by atoms with Crippen LogP contribution in [0.5, 0.6) is 0 Å². The molecule has 0 spiro atoms. The predicted octanol–water partition coefficient (Wildman–Crippen LogP) is 4.58. The zero-order valence-electron chi connectivity index (χ0n) is 13.8. The minimum absolute atomic E-state index is 0.575. The molecule has 0 N–H and O–H groups in total. The lowest BCUT2D eigenvalue weighted by atomic mass is 9.87. The highest BCUT2D eigenvalue weighted by molar-refractivity contribution is 5.90. The van der Waals surface area contributed by atoms with Gasteiger partial charge in [0.05, 0.1) is 23.6 Å². The molecule has 0 amide bonds. The summed E-state index contributed by atoms with van der Waals surface area (Å²) in [6.45, 7) is 2.32. The van der Waals surface area contributed by atoms with Gasteiger partial charge >= 0.3 is 0 Å². The molecule has 5 rings (SSSR count). The number of allylic oxidation sites excluding steroid dienone is 2. The molecular formula is C20H23N3. The van der Waals surface area contributed by atoms with Gasteiger partial charge in [-0.15, -0.1) is 0 Å². The molecule has 1 atom stereocenters. The highest BCUT2D eigenvalue weighted by Gasteiger charge is 2.33. The van der Waals surface area contributed by atoms with Gasteiger partial charge in [-0.3, -0.25) is 9.67 Å². The Bertz CT molecular complexity index is 793. The standard InChI is InChI=1S/C20H23N3/c1-2-18(13-5-3-4-6-13)23-19-11-14-7-8-17-20(14)15(9-10-21-17)16(19)12-22-23/h7,9-10,12-13,18H,2-6,8,11H2,1H3. The van der Waals surface area contributed by atoms with Gasteiger partial charge in [0.15, 0.2) is 0 Å². The van der Waals surface area contributed by atoms with Crippen molar-refractivity contribution in [1.82, 2.24) is 14.8 Å². The van der Waals surface area contributed by atoms with Crippen molar-refractivity contribution in [2.75, 3.05) is 0 Å². The molecule has 3 aliphatic carbocycles. The van der Waals surface area contributed by atoms with Crippen LogP contribution in [-0.4, -0.2) is 14.8 Å². The van der Waals surface area contributed by atoms with Gasteiger partial charge in [0.1, 0.15) is 0 Å². The first-order chi connectivity index (χ1) is 11.4. The van der Waals surface area contributed by atoms with E-state index in [0.717, 1.165) is 18.8 Å². The van der Waals surface area contributed by atoms with E-state index in [4.69, 9.17) is 5.10 Å². The van der Waals surface area contributed by atoms with Gasteiger partial charge in [-0.2, -0.15) is 5.10 Å². The predicted molar refractivity (Wildman–Crippen MR) is 92.1 cm³/mol. The van der Waals surface area contributed by atoms with Crippen LogP contribution in [0, 0.1) is 5.92 Å². The average molecular weight is 305 g/mol. The molecule has 118 valence electrons. The lowest BCUT2D eigenvalue weighted by Gasteiger charge is -2.27. The Morgan fingerprint density at radius 3 is 2.96 bits per heavy atom. The fourth-order valence-corrected chi connectivity index (χ4v) is 5.03. The van der Waals surface area contributed by atoms with E-state index < -0.39 is 0 Å². The Balaban J connectivity index is 1.63. The molecule has 3 aliphatic rings. The van der Waals surface area contributed by atoms with Crippen LogP contribution >= 0.6 is 0 Å². The monoisotopic (exact) mass is 305 g/mol. The molecule has 3 nitrogen and oxygen atoms in total. The molecule has 0 aliphatic heterocycles. The Kier molecular flexibility index (Phi) is 2.97. The minimum Gasteiger partial charge on any atom is -0.265 e. The number of nitrogens with zero attached hydrogens (tertiary/aromatic N) is 3. The summed E-state index contributed by atoms with van der Waals surface area (Å²) in [5, 5.41) is 4.87. The molecule has 3 heteroatoms. The second-order valence-electron chi connectivity index (χ2n) is 7.26. The number of fused-ring (bicyclic) bond motifs is 2. The summed E-state index contributed by atoms with van der Waals surface area (Å²) in [6.07, 6.45) is 15.2. The van der Waals surface area contributed by atoms with Crippen molar-refractivity contribution in [1.29, 1.82) is 0 Å². The maximum Gasteiger partial charge on any atom is 0.0571 e. The molecule has 2 aromatic heterocycles. The summed E-state index contributed by atoms with van der Waals surface area (Å²) in [6, 6.07) is 2.75. The van der Waals surface area contributed by atoms with Crippen molar-refractivity contribution in [2.24, 2.45) is 5.92 Å². The number of rotatable bonds is 3. The summed E-state index contributed by atoms with van der Waals surface area (Å²) >= 11 is 0. The maximum atomic E-state index is 4.87. The molecular weight excluding hydrogens is 282 g/mol. The van der Waals surface area contributed by atoms with E-state index >= 15 is 0 Å². The largest absolute Gasteiger partial charge is 0.265 e. The number of pyridine rings is 1. The summed E-state index contributed by atoms with van der Waals surface area (Å²) < 4.78 is 2.38. The Morgan fingerprint density at radius 1 is 1.26 bits per heavy atom. The molecule has 1 unspecified atom stereocenters. The minimum atomic E-state index is 0.575. The van der Waals surface area contributed by atoms with E-state index in [-0.39, 0.29) is 0 Å². The van der Waals surface area contributed by atoms with Crippen molar-refractivity contribution < 1.29 is 0 Å². The molecule has 0 saturated heterocycles. The summed E-state index contributed by atoms with van der Waals surface area (Å²) in [4.78, 5) is 4.57. The van der Waals surface area contributed by atoms with Gasteiger partial charge < -0.3 is 0 Å². The van der Waals surface area contributed by atoms with Crippen LogP contribution in [0.15, 0.2) is 24.5 Å². The first-order valence-electron chi connectivity index (χ1n) is 9.11. The van der Waals surface area contributed by atoms with E-state index in [1.807, 2.05) is 6.20 Å². The Hall–Kier alpha value is -1.90. The van der Waals surface area contributed by atoms with Crippen molar-refractivity contribution >= 4 is 5.57 Å². The Morgan fingerprint density at radius 2 is 2.13 bits per heavy atom. The van der Waals surface area contributed by atoms with Gasteiger partial charge in [-0.1, -0.05) is 25.8 Å². The van der Waals surface area contributed by atoms with Gasteiger partial charge in [0, 0.05) is 30.2 Å². The molecule has 0 aromatic carbocycles. The fourth-order valence-electron chi connectivity index (χ4n) is 5.03. The Labute approximate surface area is 137 Å². The lowest BCUT2D eigenvalue weighted by molar-refractivity contribution is 0.296. The van der Waals surface area contributed by atoms with Crippen molar-refractivity contribution in [3.05, 3.63) is 41.5 Å². The highest BCUT2D eigenvalue weighted by Crippen LogP contribution is 2.45. The van der Waals surface area contributed by atoms with Crippen LogP contribution in [0.25, 0.3) is 16.7 Å². The van der Waals surface area contributed by atoms with Gasteiger partial charge in [-0.05, 0) is 42.4 Å². The van der Waals surface area contributed by atoms with Crippen LogP contribution in [0.4, 0.5) is 0 Å². The molecule has 0 bridgehead atoms. The van der Waals surface area contributed by atoms with Crippen molar-refractivity contribution in [2.45, 2.75) is 57.9 Å². The molecule has 0 radical (unpaired) electrons. The molecule has 1 fully saturated rings. The fraction of sp³-hybridized carbons (Fsp3) is 0.500.